The minimum Gasteiger partial charge on any atom is -0.495 e. The van der Waals surface area contributed by atoms with Gasteiger partial charge in [0.25, 0.3) is 0 Å². The first kappa shape index (κ1) is 12.6. The van der Waals surface area contributed by atoms with Crippen molar-refractivity contribution in [3.05, 3.63) is 22.7 Å². The maximum atomic E-state index is 11.6. The lowest BCUT2D eigenvalue weighted by atomic mass is 10.1. The van der Waals surface area contributed by atoms with Crippen LogP contribution in [0, 0.1) is 0 Å². The molecule has 0 radical (unpaired) electrons. The lowest BCUT2D eigenvalue weighted by molar-refractivity contribution is 0.0379. The second kappa shape index (κ2) is 5.07. The molecule has 0 heterocycles. The van der Waals surface area contributed by atoms with E-state index < -0.39 is 5.97 Å². The second-order valence-electron chi connectivity index (χ2n) is 3.53. The smallest absolute Gasteiger partial charge is 0.340 e. The Bertz CT molecular complexity index is 404. The number of nitrogen functional groups attached to an aromatic ring is 1. The molecule has 0 bridgehead atoms. The molecule has 1 aromatic rings. The van der Waals surface area contributed by atoms with Crippen molar-refractivity contribution in [3.63, 3.8) is 0 Å². The molecule has 0 aliphatic heterocycles. The Kier molecular flexibility index (Phi) is 4.01. The quantitative estimate of drug-likeness (QED) is 0.655. The fourth-order valence-corrected chi connectivity index (χ4v) is 1.42. The van der Waals surface area contributed by atoms with Crippen LogP contribution < -0.4 is 10.5 Å². The zero-order valence-electron chi connectivity index (χ0n) is 9.41. The first-order valence-corrected chi connectivity index (χ1v) is 5.17. The average molecular weight is 244 g/mol. The van der Waals surface area contributed by atoms with Crippen molar-refractivity contribution in [2.75, 3.05) is 12.8 Å². The molecular formula is C11H14ClNO3. The third-order valence-electron chi connectivity index (χ3n) is 1.89. The minimum absolute atomic E-state index is 0.201. The molecule has 1 aromatic carbocycles. The van der Waals surface area contributed by atoms with Crippen LogP contribution in [0.4, 0.5) is 5.69 Å². The van der Waals surface area contributed by atoms with Gasteiger partial charge in [-0.1, -0.05) is 11.6 Å². The number of rotatable bonds is 3. The molecule has 0 saturated heterocycles. The third kappa shape index (κ3) is 2.79. The number of nitrogens with two attached hydrogens (primary N) is 1. The summed E-state index contributed by atoms with van der Waals surface area (Å²) in [6.45, 7) is 3.53. The number of carbonyl (C=O) groups is 1. The van der Waals surface area contributed by atoms with Crippen LogP contribution in [0.15, 0.2) is 12.1 Å². The summed E-state index contributed by atoms with van der Waals surface area (Å²) >= 11 is 5.89. The van der Waals surface area contributed by atoms with Crippen LogP contribution in [-0.2, 0) is 4.74 Å². The number of ether oxygens (including phenoxy) is 2. The molecule has 5 heteroatoms. The van der Waals surface area contributed by atoms with Gasteiger partial charge in [-0.15, -0.1) is 0 Å². The molecule has 0 fully saturated rings. The number of methoxy groups -OCH3 is 1. The Morgan fingerprint density at radius 3 is 2.56 bits per heavy atom. The summed E-state index contributed by atoms with van der Waals surface area (Å²) in [5.74, 6) is -0.0580. The Morgan fingerprint density at radius 2 is 2.06 bits per heavy atom. The molecule has 0 saturated carbocycles. The molecule has 0 spiro atoms. The van der Waals surface area contributed by atoms with Gasteiger partial charge >= 0.3 is 5.97 Å². The van der Waals surface area contributed by atoms with Crippen LogP contribution in [0.2, 0.25) is 5.02 Å². The van der Waals surface area contributed by atoms with Gasteiger partial charge in [0.2, 0.25) is 0 Å². The monoisotopic (exact) mass is 243 g/mol. The van der Waals surface area contributed by atoms with Crippen LogP contribution >= 0.6 is 11.6 Å². The minimum atomic E-state index is -0.489. The number of halogens is 1. The number of carbonyl (C=O) groups excluding carboxylic acids is 1. The average Bonchev–Trinajstić information content (AvgIpc) is 2.19. The molecular weight excluding hydrogens is 230 g/mol. The highest BCUT2D eigenvalue weighted by Gasteiger charge is 2.15. The molecule has 0 aliphatic carbocycles. The van der Waals surface area contributed by atoms with Gasteiger partial charge in [-0.05, 0) is 19.9 Å². The zero-order valence-corrected chi connectivity index (χ0v) is 10.2. The molecule has 16 heavy (non-hydrogen) atoms. The van der Waals surface area contributed by atoms with Crippen molar-refractivity contribution in [3.8, 4) is 5.75 Å². The van der Waals surface area contributed by atoms with Gasteiger partial charge in [-0.3, -0.25) is 0 Å². The lowest BCUT2D eigenvalue weighted by Gasteiger charge is -2.11. The van der Waals surface area contributed by atoms with Gasteiger partial charge in [0.15, 0.2) is 0 Å². The summed E-state index contributed by atoms with van der Waals surface area (Å²) in [7, 11) is 1.48. The maximum absolute atomic E-state index is 11.6. The highest BCUT2D eigenvalue weighted by molar-refractivity contribution is 6.32. The number of benzene rings is 1. The number of hydrogen-bond donors (Lipinski definition) is 1. The summed E-state index contributed by atoms with van der Waals surface area (Å²) in [5, 5.41) is 0.326. The molecule has 0 aliphatic rings. The van der Waals surface area contributed by atoms with E-state index in [1.54, 1.807) is 13.8 Å². The number of esters is 1. The highest BCUT2D eigenvalue weighted by Crippen LogP contribution is 2.30. The maximum Gasteiger partial charge on any atom is 0.340 e. The molecule has 2 N–H and O–H groups in total. The van der Waals surface area contributed by atoms with Gasteiger partial charge < -0.3 is 15.2 Å². The van der Waals surface area contributed by atoms with Gasteiger partial charge in [-0.2, -0.15) is 0 Å². The summed E-state index contributed by atoms with van der Waals surface area (Å²) in [6.07, 6.45) is -0.201. The normalized spacial score (nSPS) is 10.3. The largest absolute Gasteiger partial charge is 0.495 e. The van der Waals surface area contributed by atoms with Crippen molar-refractivity contribution < 1.29 is 14.3 Å². The fourth-order valence-electron chi connectivity index (χ4n) is 1.18. The van der Waals surface area contributed by atoms with Crippen molar-refractivity contribution in [1.82, 2.24) is 0 Å². The van der Waals surface area contributed by atoms with Crippen LogP contribution in [0.3, 0.4) is 0 Å². The SMILES string of the molecule is COc1cc(N)c(C(=O)OC(C)C)cc1Cl. The van der Waals surface area contributed by atoms with E-state index in [1.807, 2.05) is 0 Å². The van der Waals surface area contributed by atoms with E-state index >= 15 is 0 Å². The Balaban J connectivity index is 3.06. The predicted molar refractivity (Wildman–Crippen MR) is 63.0 cm³/mol. The molecule has 0 atom stereocenters. The number of hydrogen-bond acceptors (Lipinski definition) is 4. The Labute approximate surface area is 99.3 Å². The first-order chi connectivity index (χ1) is 7.45. The van der Waals surface area contributed by atoms with E-state index in [-0.39, 0.29) is 17.4 Å². The van der Waals surface area contributed by atoms with Crippen LogP contribution in [0.5, 0.6) is 5.75 Å². The van der Waals surface area contributed by atoms with Crippen LogP contribution in [0.25, 0.3) is 0 Å². The van der Waals surface area contributed by atoms with E-state index in [2.05, 4.69) is 0 Å². The zero-order chi connectivity index (χ0) is 12.3. The van der Waals surface area contributed by atoms with Crippen LogP contribution in [-0.4, -0.2) is 19.2 Å². The summed E-state index contributed by atoms with van der Waals surface area (Å²) in [4.78, 5) is 11.6. The van der Waals surface area contributed by atoms with Gasteiger partial charge in [0.1, 0.15) is 5.75 Å². The van der Waals surface area contributed by atoms with E-state index in [9.17, 15) is 4.79 Å². The van der Waals surface area contributed by atoms with Crippen molar-refractivity contribution in [1.29, 1.82) is 0 Å². The predicted octanol–water partition coefficient (Wildman–Crippen LogP) is 2.50. The van der Waals surface area contributed by atoms with E-state index in [0.29, 0.717) is 10.8 Å². The lowest BCUT2D eigenvalue weighted by Crippen LogP contribution is -2.13. The second-order valence-corrected chi connectivity index (χ2v) is 3.94. The summed E-state index contributed by atoms with van der Waals surface area (Å²) in [5.41, 5.74) is 6.24. The fraction of sp³-hybridized carbons (Fsp3) is 0.364. The Morgan fingerprint density at radius 1 is 1.44 bits per heavy atom. The molecule has 1 rings (SSSR count). The van der Waals surface area contributed by atoms with E-state index in [4.69, 9.17) is 26.8 Å². The van der Waals surface area contributed by atoms with Crippen molar-refractivity contribution >= 4 is 23.3 Å². The Hall–Kier alpha value is -1.42. The third-order valence-corrected chi connectivity index (χ3v) is 2.18. The molecule has 88 valence electrons. The van der Waals surface area contributed by atoms with Crippen LogP contribution in [0.1, 0.15) is 24.2 Å². The van der Waals surface area contributed by atoms with Crippen molar-refractivity contribution in [2.45, 2.75) is 20.0 Å². The topological polar surface area (TPSA) is 61.5 Å². The summed E-state index contributed by atoms with van der Waals surface area (Å²) in [6, 6.07) is 2.94. The molecule has 0 aromatic heterocycles. The van der Waals surface area contributed by atoms with E-state index in [0.717, 1.165) is 0 Å². The van der Waals surface area contributed by atoms with Crippen molar-refractivity contribution in [2.24, 2.45) is 0 Å². The molecule has 4 nitrogen and oxygen atoms in total. The molecule has 0 amide bonds. The summed E-state index contributed by atoms with van der Waals surface area (Å²) < 4.78 is 10.0. The molecule has 0 unspecified atom stereocenters. The van der Waals surface area contributed by atoms with E-state index in [1.165, 1.54) is 19.2 Å². The standard InChI is InChI=1S/C11H14ClNO3/c1-6(2)16-11(14)7-4-8(12)10(15-3)5-9(7)13/h4-6H,13H2,1-3H3. The van der Waals surface area contributed by atoms with Gasteiger partial charge in [0, 0.05) is 11.8 Å². The number of anilines is 1. The van der Waals surface area contributed by atoms with Gasteiger partial charge in [0.05, 0.1) is 23.8 Å². The van der Waals surface area contributed by atoms with Gasteiger partial charge in [-0.25, -0.2) is 4.79 Å². The first-order valence-electron chi connectivity index (χ1n) is 4.79. The highest BCUT2D eigenvalue weighted by atomic mass is 35.5.